The van der Waals surface area contributed by atoms with Crippen molar-refractivity contribution >= 4 is 11.8 Å². The molecule has 166 valence electrons. The molecule has 1 aromatic heterocycles. The van der Waals surface area contributed by atoms with Crippen molar-refractivity contribution in [2.75, 3.05) is 7.05 Å². The van der Waals surface area contributed by atoms with Crippen LogP contribution in [0.5, 0.6) is 0 Å². The minimum atomic E-state index is -0.346. The van der Waals surface area contributed by atoms with Gasteiger partial charge in [0.2, 0.25) is 0 Å². The zero-order chi connectivity index (χ0) is 23.4. The van der Waals surface area contributed by atoms with Crippen molar-refractivity contribution in [3.63, 3.8) is 0 Å². The summed E-state index contributed by atoms with van der Waals surface area (Å²) in [5.74, 6) is -0.836. The van der Waals surface area contributed by atoms with Gasteiger partial charge >= 0.3 is 0 Å². The maximum absolute atomic E-state index is 13.4. The molecule has 0 aliphatic rings. The van der Waals surface area contributed by atoms with Crippen LogP contribution in [-0.4, -0.2) is 28.6 Å². The van der Waals surface area contributed by atoms with Crippen LogP contribution in [0.4, 0.5) is 4.39 Å². The van der Waals surface area contributed by atoms with Crippen molar-refractivity contribution in [3.8, 4) is 16.9 Å². The summed E-state index contributed by atoms with van der Waals surface area (Å²) in [5, 5.41) is 10.1. The monoisotopic (exact) mass is 442 g/mol. The van der Waals surface area contributed by atoms with Crippen LogP contribution in [0.25, 0.3) is 16.9 Å². The quantitative estimate of drug-likeness (QED) is 0.468. The summed E-state index contributed by atoms with van der Waals surface area (Å²) in [4.78, 5) is 25.0. The third kappa shape index (κ3) is 4.98. The summed E-state index contributed by atoms with van der Waals surface area (Å²) in [6, 6.07) is 20.7. The third-order valence-electron chi connectivity index (χ3n) is 5.21. The van der Waals surface area contributed by atoms with E-state index in [0.717, 1.165) is 16.7 Å². The average Bonchev–Trinajstić information content (AvgIpc) is 3.28. The second-order valence-electron chi connectivity index (χ2n) is 7.64. The number of nitrogens with zero attached hydrogens (tertiary/aromatic N) is 2. The van der Waals surface area contributed by atoms with E-state index in [9.17, 15) is 14.0 Å². The van der Waals surface area contributed by atoms with E-state index < -0.39 is 0 Å². The van der Waals surface area contributed by atoms with Crippen LogP contribution in [0.1, 0.15) is 31.8 Å². The zero-order valence-corrected chi connectivity index (χ0v) is 18.3. The summed E-state index contributed by atoms with van der Waals surface area (Å²) in [5.41, 5.74) is 4.74. The largest absolute Gasteiger partial charge is 0.355 e. The molecule has 0 atom stereocenters. The van der Waals surface area contributed by atoms with E-state index in [1.165, 1.54) is 12.1 Å². The maximum Gasteiger partial charge on any atom is 0.255 e. The highest BCUT2D eigenvalue weighted by Gasteiger charge is 2.19. The molecule has 7 heteroatoms. The van der Waals surface area contributed by atoms with Crippen molar-refractivity contribution < 1.29 is 14.0 Å². The van der Waals surface area contributed by atoms with Gasteiger partial charge in [-0.25, -0.2) is 9.07 Å². The molecule has 0 saturated carbocycles. The Morgan fingerprint density at radius 1 is 0.970 bits per heavy atom. The van der Waals surface area contributed by atoms with Gasteiger partial charge in [0.05, 0.1) is 11.3 Å². The Morgan fingerprint density at radius 3 is 2.45 bits per heavy atom. The molecule has 0 aliphatic carbocycles. The first-order valence-electron chi connectivity index (χ1n) is 10.5. The lowest BCUT2D eigenvalue weighted by atomic mass is 10.1. The third-order valence-corrected chi connectivity index (χ3v) is 5.21. The van der Waals surface area contributed by atoms with E-state index in [1.54, 1.807) is 48.3 Å². The molecule has 33 heavy (non-hydrogen) atoms. The van der Waals surface area contributed by atoms with Crippen LogP contribution in [0, 0.1) is 12.7 Å². The van der Waals surface area contributed by atoms with Gasteiger partial charge in [0, 0.05) is 30.9 Å². The van der Waals surface area contributed by atoms with Crippen molar-refractivity contribution in [1.29, 1.82) is 0 Å². The second-order valence-corrected chi connectivity index (χ2v) is 7.64. The topological polar surface area (TPSA) is 76.0 Å². The zero-order valence-electron chi connectivity index (χ0n) is 18.3. The molecule has 6 nitrogen and oxygen atoms in total. The van der Waals surface area contributed by atoms with Gasteiger partial charge in [0.1, 0.15) is 11.5 Å². The first-order valence-corrected chi connectivity index (χ1v) is 10.5. The average molecular weight is 442 g/mol. The van der Waals surface area contributed by atoms with Gasteiger partial charge in [0.25, 0.3) is 11.8 Å². The maximum atomic E-state index is 13.4. The van der Waals surface area contributed by atoms with Crippen LogP contribution in [0.2, 0.25) is 0 Å². The Labute approximate surface area is 191 Å². The number of aryl methyl sites for hydroxylation is 1. The lowest BCUT2D eigenvalue weighted by Crippen LogP contribution is -2.23. The molecule has 1 heterocycles. The minimum absolute atomic E-state index is 0.189. The fourth-order valence-electron chi connectivity index (χ4n) is 3.52. The Morgan fingerprint density at radius 2 is 1.73 bits per heavy atom. The highest BCUT2D eigenvalue weighted by atomic mass is 19.1. The number of aromatic nitrogens is 2. The summed E-state index contributed by atoms with van der Waals surface area (Å²) in [6.45, 7) is 2.22. The van der Waals surface area contributed by atoms with E-state index in [2.05, 4.69) is 15.7 Å². The van der Waals surface area contributed by atoms with E-state index >= 15 is 0 Å². The fourth-order valence-corrected chi connectivity index (χ4v) is 3.52. The number of hydrogen-bond donors (Lipinski definition) is 2. The number of benzene rings is 3. The van der Waals surface area contributed by atoms with Crippen molar-refractivity contribution in [2.24, 2.45) is 0 Å². The van der Waals surface area contributed by atoms with Crippen LogP contribution in [-0.2, 0) is 6.54 Å². The first-order chi connectivity index (χ1) is 15.9. The predicted molar refractivity (Wildman–Crippen MR) is 125 cm³/mol. The van der Waals surface area contributed by atoms with Gasteiger partial charge in [-0.3, -0.25) is 9.59 Å². The lowest BCUT2D eigenvalue weighted by Gasteiger charge is -2.07. The molecule has 4 rings (SSSR count). The molecular weight excluding hydrogens is 419 g/mol. The molecule has 0 aliphatic heterocycles. The lowest BCUT2D eigenvalue weighted by molar-refractivity contribution is 0.0949. The Kier molecular flexibility index (Phi) is 6.31. The van der Waals surface area contributed by atoms with E-state index in [1.807, 2.05) is 37.3 Å². The van der Waals surface area contributed by atoms with E-state index in [-0.39, 0.29) is 24.2 Å². The Hall–Kier alpha value is -4.26. The Bertz CT molecular complexity index is 1310. The molecule has 2 N–H and O–H groups in total. The highest BCUT2D eigenvalue weighted by molar-refractivity contribution is 6.00. The molecule has 0 radical (unpaired) electrons. The number of carbonyl (C=O) groups is 2. The predicted octanol–water partition coefficient (Wildman–Crippen LogP) is 4.28. The van der Waals surface area contributed by atoms with Crippen LogP contribution in [0.15, 0.2) is 79.0 Å². The molecule has 0 spiro atoms. The number of carbonyl (C=O) groups excluding carboxylic acids is 2. The molecule has 3 aromatic carbocycles. The number of hydrogen-bond acceptors (Lipinski definition) is 3. The first kappa shape index (κ1) is 22.0. The molecule has 0 bridgehead atoms. The number of halogens is 1. The summed E-state index contributed by atoms with van der Waals surface area (Å²) in [6.07, 6.45) is 1.64. The molecule has 0 saturated heterocycles. The van der Waals surface area contributed by atoms with Crippen LogP contribution in [0.3, 0.4) is 0 Å². The molecule has 0 unspecified atom stereocenters. The molecule has 4 aromatic rings. The summed E-state index contributed by atoms with van der Waals surface area (Å²) < 4.78 is 14.9. The standard InChI is InChI=1S/C26H23FN4O2/c1-17-5-3-7-19(13-17)24-23(16-31(30-24)22-11-9-21(27)10-12-22)26(33)29-15-18-6-4-8-20(14-18)25(32)28-2/h3-14,16H,15H2,1-2H3,(H,28,32)(H,29,33). The van der Waals surface area contributed by atoms with Gasteiger partial charge in [-0.2, -0.15) is 5.10 Å². The van der Waals surface area contributed by atoms with Gasteiger partial charge in [-0.15, -0.1) is 0 Å². The van der Waals surface area contributed by atoms with E-state index in [4.69, 9.17) is 0 Å². The normalized spacial score (nSPS) is 10.6. The fraction of sp³-hybridized carbons (Fsp3) is 0.115. The van der Waals surface area contributed by atoms with Crippen LogP contribution < -0.4 is 10.6 Å². The number of rotatable bonds is 6. The number of amides is 2. The van der Waals surface area contributed by atoms with E-state index in [0.29, 0.717) is 22.5 Å². The molecule has 2 amide bonds. The Balaban J connectivity index is 1.64. The summed E-state index contributed by atoms with van der Waals surface area (Å²) >= 11 is 0. The van der Waals surface area contributed by atoms with Crippen molar-refractivity contribution in [1.82, 2.24) is 20.4 Å². The smallest absolute Gasteiger partial charge is 0.255 e. The highest BCUT2D eigenvalue weighted by Crippen LogP contribution is 2.25. The SMILES string of the molecule is CNC(=O)c1cccc(CNC(=O)c2cn(-c3ccc(F)cc3)nc2-c2cccc(C)c2)c1. The van der Waals surface area contributed by atoms with Gasteiger partial charge < -0.3 is 10.6 Å². The van der Waals surface area contributed by atoms with Crippen molar-refractivity contribution in [3.05, 3.63) is 107 Å². The van der Waals surface area contributed by atoms with Crippen LogP contribution >= 0.6 is 0 Å². The molecular formula is C26H23FN4O2. The summed E-state index contributed by atoms with van der Waals surface area (Å²) in [7, 11) is 1.57. The minimum Gasteiger partial charge on any atom is -0.355 e. The van der Waals surface area contributed by atoms with Crippen molar-refractivity contribution in [2.45, 2.75) is 13.5 Å². The second kappa shape index (κ2) is 9.48. The number of nitrogens with one attached hydrogen (secondary N) is 2. The van der Waals surface area contributed by atoms with Gasteiger partial charge in [-0.1, -0.05) is 35.9 Å². The molecule has 0 fully saturated rings. The van der Waals surface area contributed by atoms with Gasteiger partial charge in [0.15, 0.2) is 0 Å². The van der Waals surface area contributed by atoms with Gasteiger partial charge in [-0.05, 0) is 55.0 Å².